The summed E-state index contributed by atoms with van der Waals surface area (Å²) in [6, 6.07) is 22.7. The Hall–Kier alpha value is -2.78. The van der Waals surface area contributed by atoms with Crippen LogP contribution in [0.3, 0.4) is 0 Å². The quantitative estimate of drug-likeness (QED) is 0.303. The summed E-state index contributed by atoms with van der Waals surface area (Å²) in [5.74, 6) is 0. The van der Waals surface area contributed by atoms with Crippen molar-refractivity contribution < 1.29 is 21.1 Å². The van der Waals surface area contributed by atoms with Crippen LogP contribution in [0.5, 0.6) is 0 Å². The van der Waals surface area contributed by atoms with Crippen molar-refractivity contribution in [3.63, 3.8) is 0 Å². The summed E-state index contributed by atoms with van der Waals surface area (Å²) in [4.78, 5) is 11.6. The molecule has 3 heterocycles. The summed E-state index contributed by atoms with van der Waals surface area (Å²) in [7, 11) is 4.05. The summed E-state index contributed by atoms with van der Waals surface area (Å²) >= 11 is 0. The number of aromatic nitrogens is 4. The van der Waals surface area contributed by atoms with E-state index in [1.165, 1.54) is 0 Å². The fourth-order valence-corrected chi connectivity index (χ4v) is 3.59. The minimum absolute atomic E-state index is 0. The Bertz CT molecular complexity index is 1230. The second-order valence-corrected chi connectivity index (χ2v) is 8.51. The maximum Gasteiger partial charge on any atom is 2.00 e. The van der Waals surface area contributed by atoms with Gasteiger partial charge in [0.1, 0.15) is 0 Å². The van der Waals surface area contributed by atoms with E-state index in [0.29, 0.717) is 0 Å². The molecule has 4 rings (SSSR count). The maximum atomic E-state index is 4.97. The summed E-state index contributed by atoms with van der Waals surface area (Å²) in [6.07, 6.45) is 1.98. The van der Waals surface area contributed by atoms with E-state index in [2.05, 4.69) is 54.1 Å². The third kappa shape index (κ3) is 4.68. The molecule has 4 aromatic rings. The van der Waals surface area contributed by atoms with Crippen LogP contribution < -0.4 is 4.90 Å². The zero-order chi connectivity index (χ0) is 22.2. The smallest absolute Gasteiger partial charge is 0.399 e. The molecule has 0 N–H and O–H groups in total. The van der Waals surface area contributed by atoms with Crippen molar-refractivity contribution in [1.29, 1.82) is 0 Å². The van der Waals surface area contributed by atoms with E-state index < -0.39 is 0 Å². The molecule has 0 amide bonds. The average molecular weight is 605 g/mol. The minimum Gasteiger partial charge on any atom is -0.399 e. The van der Waals surface area contributed by atoms with Gasteiger partial charge in [0.05, 0.1) is 11.1 Å². The van der Waals surface area contributed by atoms with Crippen LogP contribution in [-0.4, -0.2) is 33.8 Å². The standard InChI is InChI=1S/C26H27N5.Pt/c1-18-13-14-22(19(2)27-18)23-11-8-12-24(28-23)26(3,4)25-15-16-31(29-25)21-10-7-9-20(17-21)30(5)6;/h7-9,11-13,15-17H,1-6H3;/q-2;+2. The van der Waals surface area contributed by atoms with Gasteiger partial charge in [-0.3, -0.25) is 4.68 Å². The Morgan fingerprint density at radius 3 is 2.47 bits per heavy atom. The molecule has 5 nitrogen and oxygen atoms in total. The van der Waals surface area contributed by atoms with Crippen molar-refractivity contribution in [3.05, 3.63) is 89.6 Å². The molecule has 166 valence electrons. The largest absolute Gasteiger partial charge is 2.00 e. The molecular formula is C26H27N5Pt. The predicted octanol–water partition coefficient (Wildman–Crippen LogP) is 4.94. The molecule has 0 atom stereocenters. The predicted molar refractivity (Wildman–Crippen MR) is 125 cm³/mol. The van der Waals surface area contributed by atoms with Gasteiger partial charge in [-0.2, -0.15) is 17.2 Å². The van der Waals surface area contributed by atoms with Crippen molar-refractivity contribution in [1.82, 2.24) is 19.7 Å². The molecule has 0 unspecified atom stereocenters. The van der Waals surface area contributed by atoms with Crippen molar-refractivity contribution in [2.45, 2.75) is 33.1 Å². The molecule has 0 spiro atoms. The summed E-state index contributed by atoms with van der Waals surface area (Å²) in [5, 5.41) is 4.87. The first-order valence-corrected chi connectivity index (χ1v) is 10.3. The molecule has 0 aliphatic heterocycles. The van der Waals surface area contributed by atoms with Gasteiger partial charge >= 0.3 is 21.1 Å². The van der Waals surface area contributed by atoms with Crippen LogP contribution in [-0.2, 0) is 26.5 Å². The van der Waals surface area contributed by atoms with Gasteiger partial charge in [-0.1, -0.05) is 31.7 Å². The van der Waals surface area contributed by atoms with E-state index in [4.69, 9.17) is 10.1 Å². The molecule has 0 bridgehead atoms. The monoisotopic (exact) mass is 604 g/mol. The molecule has 6 heteroatoms. The van der Waals surface area contributed by atoms with Crippen molar-refractivity contribution in [3.8, 4) is 16.9 Å². The molecule has 0 aliphatic carbocycles. The zero-order valence-electron chi connectivity index (χ0n) is 19.2. The maximum absolute atomic E-state index is 4.97. The van der Waals surface area contributed by atoms with Gasteiger partial charge < -0.3 is 14.9 Å². The van der Waals surface area contributed by atoms with E-state index >= 15 is 0 Å². The molecule has 0 saturated carbocycles. The molecule has 0 saturated heterocycles. The Morgan fingerprint density at radius 2 is 1.75 bits per heavy atom. The van der Waals surface area contributed by atoms with Gasteiger partial charge in [0, 0.05) is 26.0 Å². The van der Waals surface area contributed by atoms with Gasteiger partial charge in [-0.15, -0.1) is 29.8 Å². The van der Waals surface area contributed by atoms with Gasteiger partial charge in [-0.25, -0.2) is 0 Å². The van der Waals surface area contributed by atoms with Crippen LogP contribution >= 0.6 is 0 Å². The SMILES string of the molecule is Cc1c[c-]c(-c2cccc(C(C)(C)c3ccn(-c4[c-]ccc(N(C)C)c4)n3)n2)c(C)n1.[Pt+2]. The van der Waals surface area contributed by atoms with E-state index in [0.717, 1.165) is 45.4 Å². The van der Waals surface area contributed by atoms with Crippen molar-refractivity contribution >= 4 is 5.69 Å². The van der Waals surface area contributed by atoms with Crippen LogP contribution in [0.15, 0.2) is 54.7 Å². The molecule has 0 fully saturated rings. The third-order valence-electron chi connectivity index (χ3n) is 5.54. The van der Waals surface area contributed by atoms with Crippen LogP contribution in [0.4, 0.5) is 5.69 Å². The Kier molecular flexibility index (Phi) is 6.99. The first kappa shape index (κ1) is 23.9. The van der Waals surface area contributed by atoms with Gasteiger partial charge in [-0.05, 0) is 48.7 Å². The number of hydrogen-bond donors (Lipinski definition) is 0. The number of hydrogen-bond acceptors (Lipinski definition) is 4. The topological polar surface area (TPSA) is 46.8 Å². The first-order chi connectivity index (χ1) is 14.8. The number of nitrogens with zero attached hydrogens (tertiary/aromatic N) is 5. The zero-order valence-corrected chi connectivity index (χ0v) is 21.5. The van der Waals surface area contributed by atoms with E-state index in [-0.39, 0.29) is 26.5 Å². The minimum atomic E-state index is -0.369. The molecule has 32 heavy (non-hydrogen) atoms. The van der Waals surface area contributed by atoms with Crippen molar-refractivity contribution in [2.75, 3.05) is 19.0 Å². The van der Waals surface area contributed by atoms with Gasteiger partial charge in [0.2, 0.25) is 0 Å². The van der Waals surface area contributed by atoms with Gasteiger partial charge in [0.25, 0.3) is 0 Å². The number of benzene rings is 1. The summed E-state index contributed by atoms with van der Waals surface area (Å²) in [5.41, 5.74) is 7.25. The van der Waals surface area contributed by atoms with E-state index in [1.807, 2.05) is 69.2 Å². The second kappa shape index (κ2) is 9.38. The average Bonchev–Trinajstić information content (AvgIpc) is 3.25. The Morgan fingerprint density at radius 1 is 0.969 bits per heavy atom. The fraction of sp³-hybridized carbons (Fsp3) is 0.269. The van der Waals surface area contributed by atoms with Crippen LogP contribution in [0.1, 0.15) is 36.6 Å². The summed E-state index contributed by atoms with van der Waals surface area (Å²) in [6.45, 7) is 8.27. The third-order valence-corrected chi connectivity index (χ3v) is 5.54. The van der Waals surface area contributed by atoms with Crippen LogP contribution in [0.2, 0.25) is 0 Å². The fourth-order valence-electron chi connectivity index (χ4n) is 3.59. The second-order valence-electron chi connectivity index (χ2n) is 8.51. The summed E-state index contributed by atoms with van der Waals surface area (Å²) < 4.78 is 1.87. The molecule has 3 aromatic heterocycles. The molecular weight excluding hydrogens is 577 g/mol. The Balaban J connectivity index is 0.00000289. The number of pyridine rings is 2. The number of anilines is 1. The van der Waals surface area contributed by atoms with E-state index in [9.17, 15) is 0 Å². The normalized spacial score (nSPS) is 11.2. The van der Waals surface area contributed by atoms with E-state index in [1.54, 1.807) is 0 Å². The molecule has 0 radical (unpaired) electrons. The molecule has 1 aromatic carbocycles. The number of aryl methyl sites for hydroxylation is 2. The van der Waals surface area contributed by atoms with Crippen LogP contribution in [0, 0.1) is 26.0 Å². The number of rotatable bonds is 5. The van der Waals surface area contributed by atoms with Crippen LogP contribution in [0.25, 0.3) is 16.9 Å². The first-order valence-electron chi connectivity index (χ1n) is 10.3. The van der Waals surface area contributed by atoms with Gasteiger partial charge in [0.15, 0.2) is 0 Å². The Labute approximate surface area is 204 Å². The van der Waals surface area contributed by atoms with Crippen molar-refractivity contribution in [2.24, 2.45) is 0 Å². The molecule has 0 aliphatic rings.